The van der Waals surface area contributed by atoms with E-state index in [1.165, 1.54) is 11.4 Å². The number of hydrogen-bond acceptors (Lipinski definition) is 3. The minimum Gasteiger partial charge on any atom is -0.313 e. The van der Waals surface area contributed by atoms with Gasteiger partial charge in [-0.15, -0.1) is 0 Å². The Kier molecular flexibility index (Phi) is 4.19. The lowest BCUT2D eigenvalue weighted by Crippen LogP contribution is -2.57. The first-order chi connectivity index (χ1) is 7.22. The second kappa shape index (κ2) is 4.89. The van der Waals surface area contributed by atoms with Gasteiger partial charge in [0, 0.05) is 32.6 Å². The summed E-state index contributed by atoms with van der Waals surface area (Å²) >= 11 is 0. The number of sulfonamides is 1. The van der Waals surface area contributed by atoms with Crippen molar-refractivity contribution in [3.8, 4) is 0 Å². The molecule has 0 atom stereocenters. The van der Waals surface area contributed by atoms with Crippen LogP contribution in [0.5, 0.6) is 0 Å². The van der Waals surface area contributed by atoms with E-state index in [1.807, 2.05) is 0 Å². The maximum absolute atomic E-state index is 11.8. The van der Waals surface area contributed by atoms with E-state index < -0.39 is 28.4 Å². The highest BCUT2D eigenvalue weighted by molar-refractivity contribution is 7.89. The molecule has 0 bridgehead atoms. The summed E-state index contributed by atoms with van der Waals surface area (Å²) in [5.74, 6) is -0.445. The summed E-state index contributed by atoms with van der Waals surface area (Å²) in [7, 11) is -2.14. The molecule has 1 aliphatic rings. The Labute approximate surface area is 92.9 Å². The fraction of sp³-hybridized carbons (Fsp3) is 1.00. The number of nitrogens with zero attached hydrogens (tertiary/aromatic N) is 1. The van der Waals surface area contributed by atoms with Crippen LogP contribution in [0.15, 0.2) is 0 Å². The van der Waals surface area contributed by atoms with Crippen molar-refractivity contribution in [1.82, 2.24) is 9.62 Å². The van der Waals surface area contributed by atoms with Crippen molar-refractivity contribution >= 4 is 10.0 Å². The Balaban J connectivity index is 2.39. The summed E-state index contributed by atoms with van der Waals surface area (Å²) < 4.78 is 59.9. The van der Waals surface area contributed by atoms with Crippen molar-refractivity contribution in [3.63, 3.8) is 0 Å². The molecule has 0 spiro atoms. The zero-order valence-corrected chi connectivity index (χ0v) is 9.74. The van der Waals surface area contributed by atoms with Crippen LogP contribution in [-0.4, -0.2) is 50.8 Å². The topological polar surface area (TPSA) is 49.4 Å². The highest BCUT2D eigenvalue weighted by Gasteiger charge is 2.32. The third-order valence-corrected chi connectivity index (χ3v) is 4.56. The van der Waals surface area contributed by atoms with Gasteiger partial charge in [0.15, 0.2) is 0 Å². The van der Waals surface area contributed by atoms with Gasteiger partial charge in [0.2, 0.25) is 10.0 Å². The summed E-state index contributed by atoms with van der Waals surface area (Å²) in [6.45, 7) is 1.13. The van der Waals surface area contributed by atoms with Crippen LogP contribution in [0.4, 0.5) is 13.2 Å². The third-order valence-electron chi connectivity index (χ3n) is 2.58. The van der Waals surface area contributed by atoms with Crippen LogP contribution in [0.1, 0.15) is 12.8 Å². The van der Waals surface area contributed by atoms with Gasteiger partial charge >= 0.3 is 6.18 Å². The lowest BCUT2D eigenvalue weighted by molar-refractivity contribution is -0.134. The van der Waals surface area contributed by atoms with Gasteiger partial charge in [0.1, 0.15) is 0 Å². The lowest BCUT2D eigenvalue weighted by Gasteiger charge is -2.34. The van der Waals surface area contributed by atoms with Crippen molar-refractivity contribution in [2.45, 2.75) is 25.1 Å². The van der Waals surface area contributed by atoms with Crippen molar-refractivity contribution in [2.24, 2.45) is 0 Å². The number of rotatable bonds is 5. The second-order valence-electron chi connectivity index (χ2n) is 3.86. The van der Waals surface area contributed by atoms with E-state index in [1.54, 1.807) is 0 Å². The number of hydrogen-bond donors (Lipinski definition) is 1. The molecule has 8 heteroatoms. The maximum Gasteiger partial charge on any atom is 0.389 e. The molecular weight excluding hydrogens is 245 g/mol. The monoisotopic (exact) mass is 260 g/mol. The van der Waals surface area contributed by atoms with Crippen LogP contribution in [0.3, 0.4) is 0 Å². The molecule has 0 aliphatic carbocycles. The average Bonchev–Trinajstić information content (AvgIpc) is 1.97. The van der Waals surface area contributed by atoms with Gasteiger partial charge in [-0.05, 0) is 6.42 Å². The van der Waals surface area contributed by atoms with Crippen molar-refractivity contribution in [3.05, 3.63) is 0 Å². The summed E-state index contributed by atoms with van der Waals surface area (Å²) in [6.07, 6.45) is -5.72. The number of alkyl halides is 3. The number of halogens is 3. The molecule has 1 rings (SSSR count). The predicted molar refractivity (Wildman–Crippen MR) is 53.5 cm³/mol. The minimum absolute atomic E-state index is 0.115. The molecule has 0 saturated carbocycles. The molecule has 0 aromatic heterocycles. The molecule has 1 saturated heterocycles. The molecule has 1 fully saturated rings. The van der Waals surface area contributed by atoms with E-state index in [-0.39, 0.29) is 12.5 Å². The van der Waals surface area contributed by atoms with Gasteiger partial charge in [0.05, 0.1) is 5.75 Å². The Morgan fingerprint density at radius 2 is 1.94 bits per heavy atom. The maximum atomic E-state index is 11.8. The molecule has 96 valence electrons. The molecule has 0 aromatic rings. The van der Waals surface area contributed by atoms with Crippen molar-refractivity contribution < 1.29 is 21.6 Å². The normalized spacial score (nSPS) is 18.8. The highest BCUT2D eigenvalue weighted by Crippen LogP contribution is 2.22. The fourth-order valence-corrected chi connectivity index (χ4v) is 2.76. The molecule has 0 radical (unpaired) electrons. The highest BCUT2D eigenvalue weighted by atomic mass is 32.2. The zero-order valence-electron chi connectivity index (χ0n) is 8.92. The Morgan fingerprint density at radius 1 is 1.38 bits per heavy atom. The van der Waals surface area contributed by atoms with Crippen LogP contribution >= 0.6 is 0 Å². The quantitative estimate of drug-likeness (QED) is 0.786. The zero-order chi connectivity index (χ0) is 12.4. The van der Waals surface area contributed by atoms with Crippen molar-refractivity contribution in [1.29, 1.82) is 0 Å². The Bertz CT molecular complexity index is 325. The largest absolute Gasteiger partial charge is 0.389 e. The summed E-state index contributed by atoms with van der Waals surface area (Å²) in [4.78, 5) is 0. The first-order valence-electron chi connectivity index (χ1n) is 4.95. The smallest absolute Gasteiger partial charge is 0.313 e. The van der Waals surface area contributed by atoms with Crippen LogP contribution in [0.2, 0.25) is 0 Å². The van der Waals surface area contributed by atoms with Gasteiger partial charge in [-0.3, -0.25) is 0 Å². The van der Waals surface area contributed by atoms with Crippen molar-refractivity contribution in [2.75, 3.05) is 25.9 Å². The molecular formula is C8H15F3N2O2S. The molecule has 4 nitrogen and oxygen atoms in total. The van der Waals surface area contributed by atoms with E-state index in [0.29, 0.717) is 13.1 Å². The Hall–Kier alpha value is -0.340. The molecule has 1 aliphatic heterocycles. The Morgan fingerprint density at radius 3 is 2.31 bits per heavy atom. The molecule has 0 amide bonds. The molecule has 1 heterocycles. The second-order valence-corrected chi connectivity index (χ2v) is 6.01. The van der Waals surface area contributed by atoms with Gasteiger partial charge in [-0.25, -0.2) is 8.42 Å². The van der Waals surface area contributed by atoms with Gasteiger partial charge in [0.25, 0.3) is 0 Å². The summed E-state index contributed by atoms with van der Waals surface area (Å²) in [6, 6.07) is -0.115. The first kappa shape index (κ1) is 13.7. The SMILES string of the molecule is CN(C1CNC1)S(=O)(=O)CCCC(F)(F)F. The molecule has 1 N–H and O–H groups in total. The van der Waals surface area contributed by atoms with Gasteiger partial charge < -0.3 is 5.32 Å². The fourth-order valence-electron chi connectivity index (χ4n) is 1.36. The van der Waals surface area contributed by atoms with E-state index >= 15 is 0 Å². The van der Waals surface area contributed by atoms with Gasteiger partial charge in [-0.2, -0.15) is 17.5 Å². The van der Waals surface area contributed by atoms with Crippen LogP contribution in [-0.2, 0) is 10.0 Å². The standard InChI is InChI=1S/C8H15F3N2O2S/c1-13(7-5-12-6-7)16(14,15)4-2-3-8(9,10)11/h7,12H,2-6H2,1H3. The molecule has 16 heavy (non-hydrogen) atoms. The third kappa shape index (κ3) is 3.91. The minimum atomic E-state index is -4.29. The molecule has 0 aromatic carbocycles. The average molecular weight is 260 g/mol. The number of likely N-dealkylation sites (N-methyl/N-ethyl adjacent to an activating group) is 1. The van der Waals surface area contributed by atoms with E-state index in [9.17, 15) is 21.6 Å². The van der Waals surface area contributed by atoms with Gasteiger partial charge in [-0.1, -0.05) is 0 Å². The van der Waals surface area contributed by atoms with E-state index in [0.717, 1.165) is 0 Å². The van der Waals surface area contributed by atoms with E-state index in [2.05, 4.69) is 5.32 Å². The van der Waals surface area contributed by atoms with Crippen LogP contribution in [0, 0.1) is 0 Å². The first-order valence-corrected chi connectivity index (χ1v) is 6.56. The number of nitrogens with one attached hydrogen (secondary N) is 1. The predicted octanol–water partition coefficient (Wildman–Crippen LogP) is 0.562. The summed E-state index contributed by atoms with van der Waals surface area (Å²) in [5, 5.41) is 2.91. The molecule has 0 unspecified atom stereocenters. The van der Waals surface area contributed by atoms with E-state index in [4.69, 9.17) is 0 Å². The lowest BCUT2D eigenvalue weighted by atomic mass is 10.2. The van der Waals surface area contributed by atoms with Crippen LogP contribution < -0.4 is 5.32 Å². The van der Waals surface area contributed by atoms with Crippen LogP contribution in [0.25, 0.3) is 0 Å². The summed E-state index contributed by atoms with van der Waals surface area (Å²) in [5.41, 5.74) is 0.